The summed E-state index contributed by atoms with van der Waals surface area (Å²) in [5, 5.41) is 5.48. The first-order valence-corrected chi connectivity index (χ1v) is 13.5. The van der Waals surface area contributed by atoms with Gasteiger partial charge in [0.05, 0.1) is 5.56 Å². The second-order valence-electron chi connectivity index (χ2n) is 12.5. The summed E-state index contributed by atoms with van der Waals surface area (Å²) >= 11 is 1.97. The first kappa shape index (κ1) is 24.0. The Hall–Kier alpha value is -2.71. The van der Waals surface area contributed by atoms with Crippen molar-refractivity contribution in [2.24, 2.45) is 12.5 Å². The van der Waals surface area contributed by atoms with Crippen LogP contribution in [0, 0.1) is 19.3 Å². The van der Waals surface area contributed by atoms with E-state index in [2.05, 4.69) is 122 Å². The van der Waals surface area contributed by atoms with Crippen LogP contribution in [0.25, 0.3) is 42.2 Å². The van der Waals surface area contributed by atoms with Crippen LogP contribution in [0.4, 0.5) is 0 Å². The summed E-state index contributed by atoms with van der Waals surface area (Å²) in [4.78, 5) is 0. The van der Waals surface area contributed by atoms with Crippen LogP contribution in [0.2, 0.25) is 0 Å². The molecule has 1 nitrogen and oxygen atoms in total. The molecule has 0 aliphatic rings. The van der Waals surface area contributed by atoms with Gasteiger partial charge in [-0.25, -0.2) is 0 Å². The molecule has 35 heavy (non-hydrogen) atoms. The summed E-state index contributed by atoms with van der Waals surface area (Å²) in [7, 11) is 2.20. The van der Waals surface area contributed by atoms with E-state index in [1.54, 1.807) is 0 Å². The Bertz CT molecular complexity index is 1600. The van der Waals surface area contributed by atoms with Crippen molar-refractivity contribution in [3.63, 3.8) is 0 Å². The predicted octanol–water partition coefficient (Wildman–Crippen LogP) is 9.20. The molecule has 5 rings (SSSR count). The van der Waals surface area contributed by atoms with Crippen LogP contribution in [0.3, 0.4) is 0 Å². The van der Waals surface area contributed by atoms with Crippen molar-refractivity contribution in [2.75, 3.05) is 0 Å². The van der Waals surface area contributed by atoms with Crippen molar-refractivity contribution in [3.05, 3.63) is 77.0 Å². The molecule has 5 aromatic rings. The van der Waals surface area contributed by atoms with Gasteiger partial charge in [0.1, 0.15) is 11.7 Å². The molecule has 0 aliphatic carbocycles. The molecule has 0 spiro atoms. The van der Waals surface area contributed by atoms with E-state index in [9.17, 15) is 0 Å². The number of fused-ring (bicyclic) bond motifs is 4. The van der Waals surface area contributed by atoms with Gasteiger partial charge in [0.2, 0.25) is 5.69 Å². The van der Waals surface area contributed by atoms with Crippen molar-refractivity contribution in [2.45, 2.75) is 67.2 Å². The zero-order valence-electron chi connectivity index (χ0n) is 22.8. The predicted molar refractivity (Wildman–Crippen MR) is 155 cm³/mol. The molecule has 0 fully saturated rings. The van der Waals surface area contributed by atoms with E-state index in [1.165, 1.54) is 64.5 Å². The van der Waals surface area contributed by atoms with Crippen molar-refractivity contribution in [3.8, 4) is 11.3 Å². The molecule has 0 bridgehead atoms. The van der Waals surface area contributed by atoms with Crippen molar-refractivity contribution in [1.82, 2.24) is 0 Å². The minimum Gasteiger partial charge on any atom is -0.200 e. The molecule has 2 aromatic heterocycles. The molecule has 0 saturated carbocycles. The Labute approximate surface area is 214 Å². The summed E-state index contributed by atoms with van der Waals surface area (Å²) in [5.41, 5.74) is 8.70. The SMILES string of the molecule is Cc1c(-c2c3sc4c(C)c(CC(C)(C)C)ccc4c3cc[n+]2C)cc(C(C)(C)C)c2ccccc12. The number of aryl methyl sites for hydroxylation is 3. The van der Waals surface area contributed by atoms with E-state index >= 15 is 0 Å². The first-order chi connectivity index (χ1) is 16.4. The average molecular weight is 481 g/mol. The molecule has 0 amide bonds. The molecule has 0 saturated heterocycles. The fraction of sp³-hybridized carbons (Fsp3) is 0.364. The van der Waals surface area contributed by atoms with Crippen molar-refractivity contribution < 1.29 is 4.57 Å². The molecular weight excluding hydrogens is 442 g/mol. The van der Waals surface area contributed by atoms with Crippen LogP contribution in [0.1, 0.15) is 63.8 Å². The number of pyridine rings is 1. The standard InChI is InChI=1S/C33H38NS/c1-20-22(19-32(3,4)5)14-15-25-26-16-17-34(9)29(31(26)35-30(20)25)27-18-28(33(6,7)8)24-13-11-10-12-23(24)21(27)2/h10-18H,19H2,1-9H3/q+1. The van der Waals surface area contributed by atoms with Gasteiger partial charge < -0.3 is 0 Å². The lowest BCUT2D eigenvalue weighted by atomic mass is 9.80. The minimum atomic E-state index is 0.0626. The van der Waals surface area contributed by atoms with E-state index in [-0.39, 0.29) is 10.8 Å². The van der Waals surface area contributed by atoms with Crippen molar-refractivity contribution in [1.29, 1.82) is 0 Å². The van der Waals surface area contributed by atoms with E-state index < -0.39 is 0 Å². The van der Waals surface area contributed by atoms with Gasteiger partial charge in [-0.15, -0.1) is 11.3 Å². The molecule has 3 aromatic carbocycles. The highest BCUT2D eigenvalue weighted by molar-refractivity contribution is 7.26. The molecule has 180 valence electrons. The Morgan fingerprint density at radius 3 is 2.06 bits per heavy atom. The third kappa shape index (κ3) is 4.06. The van der Waals surface area contributed by atoms with E-state index in [0.29, 0.717) is 0 Å². The number of hydrogen-bond acceptors (Lipinski definition) is 1. The molecule has 2 heteroatoms. The van der Waals surface area contributed by atoms with Crippen LogP contribution in [-0.2, 0) is 18.9 Å². The van der Waals surface area contributed by atoms with E-state index in [0.717, 1.165) is 6.42 Å². The van der Waals surface area contributed by atoms with Crippen molar-refractivity contribution >= 4 is 42.3 Å². The highest BCUT2D eigenvalue weighted by Crippen LogP contribution is 2.44. The van der Waals surface area contributed by atoms with E-state index in [1.807, 2.05) is 11.3 Å². The fourth-order valence-corrected chi connectivity index (χ4v) is 6.99. The highest BCUT2D eigenvalue weighted by Gasteiger charge is 2.26. The largest absolute Gasteiger partial charge is 0.230 e. The molecule has 0 atom stereocenters. The lowest BCUT2D eigenvalue weighted by molar-refractivity contribution is -0.659. The average Bonchev–Trinajstić information content (AvgIpc) is 3.14. The van der Waals surface area contributed by atoms with Crippen LogP contribution in [0.5, 0.6) is 0 Å². The molecule has 0 N–H and O–H groups in total. The lowest BCUT2D eigenvalue weighted by Gasteiger charge is -2.24. The second-order valence-corrected chi connectivity index (χ2v) is 13.5. The van der Waals surface area contributed by atoms with Gasteiger partial charge in [0, 0.05) is 21.5 Å². The molecular formula is C33H38NS+. The van der Waals surface area contributed by atoms with Crippen LogP contribution < -0.4 is 4.57 Å². The maximum atomic E-state index is 2.47. The maximum Gasteiger partial charge on any atom is 0.230 e. The summed E-state index contributed by atoms with van der Waals surface area (Å²) in [6.07, 6.45) is 3.34. The van der Waals surface area contributed by atoms with Gasteiger partial charge in [-0.1, -0.05) is 77.9 Å². The number of hydrogen-bond donors (Lipinski definition) is 0. The Balaban J connectivity index is 1.86. The lowest BCUT2D eigenvalue weighted by Crippen LogP contribution is -2.30. The normalized spacial score (nSPS) is 12.8. The topological polar surface area (TPSA) is 3.88 Å². The summed E-state index contributed by atoms with van der Waals surface area (Å²) in [6.45, 7) is 18.6. The van der Waals surface area contributed by atoms with Crippen LogP contribution >= 0.6 is 11.3 Å². The Kier molecular flexibility index (Phi) is 5.60. The molecule has 0 radical (unpaired) electrons. The number of benzene rings is 3. The number of thiophene rings is 1. The van der Waals surface area contributed by atoms with E-state index in [4.69, 9.17) is 0 Å². The number of rotatable bonds is 2. The monoisotopic (exact) mass is 480 g/mol. The molecule has 0 unspecified atom stereocenters. The van der Waals surface area contributed by atoms with Gasteiger partial charge in [-0.3, -0.25) is 0 Å². The van der Waals surface area contributed by atoms with Gasteiger partial charge >= 0.3 is 0 Å². The minimum absolute atomic E-state index is 0.0626. The van der Waals surface area contributed by atoms with Gasteiger partial charge in [-0.05, 0) is 70.2 Å². The zero-order valence-corrected chi connectivity index (χ0v) is 23.6. The zero-order chi connectivity index (χ0) is 25.3. The Morgan fingerprint density at radius 1 is 0.743 bits per heavy atom. The third-order valence-electron chi connectivity index (χ3n) is 7.39. The highest BCUT2D eigenvalue weighted by atomic mass is 32.1. The van der Waals surface area contributed by atoms with Crippen LogP contribution in [-0.4, -0.2) is 0 Å². The first-order valence-electron chi connectivity index (χ1n) is 12.7. The van der Waals surface area contributed by atoms with Gasteiger partial charge in [-0.2, -0.15) is 4.57 Å². The van der Waals surface area contributed by atoms with Crippen LogP contribution in [0.15, 0.2) is 54.7 Å². The van der Waals surface area contributed by atoms with Gasteiger partial charge in [0.15, 0.2) is 6.20 Å². The number of nitrogens with zero attached hydrogens (tertiary/aromatic N) is 1. The maximum absolute atomic E-state index is 2.47. The second kappa shape index (κ2) is 8.17. The molecule has 0 aliphatic heterocycles. The quantitative estimate of drug-likeness (QED) is 0.222. The Morgan fingerprint density at radius 2 is 1.40 bits per heavy atom. The third-order valence-corrected chi connectivity index (χ3v) is 8.74. The summed E-state index contributed by atoms with van der Waals surface area (Å²) in [6, 6.07) is 18.4. The number of aromatic nitrogens is 1. The summed E-state index contributed by atoms with van der Waals surface area (Å²) in [5.74, 6) is 0. The molecule has 2 heterocycles. The van der Waals surface area contributed by atoms with Gasteiger partial charge in [0.25, 0.3) is 0 Å². The smallest absolute Gasteiger partial charge is 0.200 e. The summed E-state index contributed by atoms with van der Waals surface area (Å²) < 4.78 is 5.15. The fourth-order valence-electron chi connectivity index (χ4n) is 5.58.